The van der Waals surface area contributed by atoms with Gasteiger partial charge in [0, 0.05) is 24.1 Å². The summed E-state index contributed by atoms with van der Waals surface area (Å²) in [5, 5.41) is 2.86. The number of carbonyl (C=O) groups is 1. The number of hydrogen-bond donors (Lipinski definition) is 1. The van der Waals surface area contributed by atoms with Gasteiger partial charge in [0.2, 0.25) is 5.91 Å². The number of ether oxygens (including phenoxy) is 2. The first-order chi connectivity index (χ1) is 10.7. The number of rotatable bonds is 1. The quantitative estimate of drug-likeness (QED) is 0.880. The number of nitrogens with one attached hydrogen (secondary N) is 1. The lowest BCUT2D eigenvalue weighted by atomic mass is 9.84. The first-order valence-electron chi connectivity index (χ1n) is 7.19. The molecule has 1 atom stereocenters. The lowest BCUT2D eigenvalue weighted by Gasteiger charge is -2.29. The molecule has 2 heterocycles. The van der Waals surface area contributed by atoms with Crippen LogP contribution in [0.4, 0.5) is 10.1 Å². The van der Waals surface area contributed by atoms with Gasteiger partial charge in [-0.2, -0.15) is 0 Å². The molecule has 0 saturated carbocycles. The van der Waals surface area contributed by atoms with Crippen LogP contribution in [0.25, 0.3) is 0 Å². The fourth-order valence-electron chi connectivity index (χ4n) is 3.02. The van der Waals surface area contributed by atoms with Crippen LogP contribution in [-0.2, 0) is 4.79 Å². The predicted octanol–water partition coefficient (Wildman–Crippen LogP) is 3.07. The van der Waals surface area contributed by atoms with Crippen LogP contribution in [0.15, 0.2) is 36.4 Å². The van der Waals surface area contributed by atoms with E-state index in [1.54, 1.807) is 12.1 Å². The van der Waals surface area contributed by atoms with Crippen LogP contribution in [0.5, 0.6) is 11.5 Å². The van der Waals surface area contributed by atoms with Crippen molar-refractivity contribution in [3.8, 4) is 11.5 Å². The van der Waals surface area contributed by atoms with Crippen molar-refractivity contribution >= 4 is 11.6 Å². The summed E-state index contributed by atoms with van der Waals surface area (Å²) in [5.74, 6) is 0.726. The molecule has 2 aliphatic heterocycles. The average molecular weight is 299 g/mol. The first kappa shape index (κ1) is 13.1. The van der Waals surface area contributed by atoms with Crippen molar-refractivity contribution < 1.29 is 18.7 Å². The van der Waals surface area contributed by atoms with E-state index < -0.39 is 0 Å². The Bertz CT molecular complexity index is 760. The SMILES string of the molecule is O=C1C[C@@H](c2cccc(F)c2)c2cc3c(cc2N1)OCCO3. The van der Waals surface area contributed by atoms with E-state index in [1.165, 1.54) is 12.1 Å². The molecule has 0 radical (unpaired) electrons. The molecule has 0 saturated heterocycles. The summed E-state index contributed by atoms with van der Waals surface area (Å²) in [7, 11) is 0. The van der Waals surface area contributed by atoms with Gasteiger partial charge >= 0.3 is 0 Å². The number of halogens is 1. The average Bonchev–Trinajstić information content (AvgIpc) is 2.52. The van der Waals surface area contributed by atoms with Crippen LogP contribution in [0.1, 0.15) is 23.5 Å². The van der Waals surface area contributed by atoms with Crippen molar-refractivity contribution in [1.29, 1.82) is 0 Å². The zero-order chi connectivity index (χ0) is 15.1. The second-order valence-corrected chi connectivity index (χ2v) is 5.44. The normalized spacial score (nSPS) is 19.3. The molecule has 22 heavy (non-hydrogen) atoms. The van der Waals surface area contributed by atoms with E-state index >= 15 is 0 Å². The lowest BCUT2D eigenvalue weighted by Crippen LogP contribution is -2.24. The van der Waals surface area contributed by atoms with Gasteiger partial charge in [0.25, 0.3) is 0 Å². The van der Waals surface area contributed by atoms with Gasteiger partial charge in [-0.25, -0.2) is 4.39 Å². The Hall–Kier alpha value is -2.56. The molecule has 4 rings (SSSR count). The molecule has 0 unspecified atom stereocenters. The molecule has 1 amide bonds. The minimum atomic E-state index is -0.303. The Morgan fingerprint density at radius 2 is 1.86 bits per heavy atom. The third kappa shape index (κ3) is 2.19. The zero-order valence-corrected chi connectivity index (χ0v) is 11.8. The van der Waals surface area contributed by atoms with Gasteiger partial charge in [-0.05, 0) is 29.3 Å². The number of benzene rings is 2. The number of amides is 1. The smallest absolute Gasteiger partial charge is 0.225 e. The van der Waals surface area contributed by atoms with Gasteiger partial charge in [0.15, 0.2) is 11.5 Å². The van der Waals surface area contributed by atoms with Gasteiger partial charge < -0.3 is 14.8 Å². The maximum Gasteiger partial charge on any atom is 0.225 e. The molecule has 2 aromatic rings. The molecule has 0 fully saturated rings. The standard InChI is InChI=1S/C17H14FNO3/c18-11-3-1-2-10(6-11)12-8-17(20)19-14-9-16-15(7-13(12)14)21-4-5-22-16/h1-3,6-7,9,12H,4-5,8H2,(H,19,20)/t12-/m0/s1. The molecule has 2 aliphatic rings. The molecule has 1 N–H and O–H groups in total. The Morgan fingerprint density at radius 1 is 1.09 bits per heavy atom. The number of anilines is 1. The van der Waals surface area contributed by atoms with Crippen molar-refractivity contribution in [2.24, 2.45) is 0 Å². The number of carbonyl (C=O) groups excluding carboxylic acids is 1. The van der Waals surface area contributed by atoms with E-state index in [0.717, 1.165) is 11.1 Å². The second kappa shape index (κ2) is 5.02. The van der Waals surface area contributed by atoms with Gasteiger partial charge in [-0.15, -0.1) is 0 Å². The fraction of sp³-hybridized carbons (Fsp3) is 0.235. The Morgan fingerprint density at radius 3 is 2.64 bits per heavy atom. The van der Waals surface area contributed by atoms with Gasteiger partial charge in [-0.1, -0.05) is 12.1 Å². The van der Waals surface area contributed by atoms with Crippen LogP contribution >= 0.6 is 0 Å². The summed E-state index contributed by atoms with van der Waals surface area (Å²) in [5.41, 5.74) is 2.41. The van der Waals surface area contributed by atoms with Crippen molar-refractivity contribution in [2.75, 3.05) is 18.5 Å². The number of hydrogen-bond acceptors (Lipinski definition) is 3. The minimum absolute atomic E-state index is 0.0848. The monoisotopic (exact) mass is 299 g/mol. The highest BCUT2D eigenvalue weighted by Crippen LogP contribution is 2.43. The topological polar surface area (TPSA) is 47.6 Å². The molecule has 4 nitrogen and oxygen atoms in total. The van der Waals surface area contributed by atoms with Crippen LogP contribution in [-0.4, -0.2) is 19.1 Å². The summed E-state index contributed by atoms with van der Waals surface area (Å²) in [6.45, 7) is 0.996. The van der Waals surface area contributed by atoms with Crippen molar-refractivity contribution in [3.05, 3.63) is 53.3 Å². The van der Waals surface area contributed by atoms with Crippen LogP contribution in [0.3, 0.4) is 0 Å². The van der Waals surface area contributed by atoms with E-state index in [0.29, 0.717) is 30.4 Å². The van der Waals surface area contributed by atoms with Gasteiger partial charge in [0.05, 0.1) is 0 Å². The van der Waals surface area contributed by atoms with Crippen molar-refractivity contribution in [2.45, 2.75) is 12.3 Å². The van der Waals surface area contributed by atoms with E-state index in [-0.39, 0.29) is 24.1 Å². The Labute approximate surface area is 126 Å². The summed E-state index contributed by atoms with van der Waals surface area (Å²) in [4.78, 5) is 12.0. The van der Waals surface area contributed by atoms with E-state index in [2.05, 4.69) is 5.32 Å². The summed E-state index contributed by atoms with van der Waals surface area (Å²) in [6, 6.07) is 10.1. The molecular weight excluding hydrogens is 285 g/mol. The third-order valence-electron chi connectivity index (χ3n) is 4.00. The second-order valence-electron chi connectivity index (χ2n) is 5.44. The van der Waals surface area contributed by atoms with E-state index in [4.69, 9.17) is 9.47 Å². The molecule has 2 aromatic carbocycles. The van der Waals surface area contributed by atoms with E-state index in [1.807, 2.05) is 12.1 Å². The van der Waals surface area contributed by atoms with Crippen molar-refractivity contribution in [3.63, 3.8) is 0 Å². The molecular formula is C17H14FNO3. The molecule has 0 aromatic heterocycles. The predicted molar refractivity (Wildman–Crippen MR) is 78.9 cm³/mol. The molecule has 0 spiro atoms. The molecule has 5 heteroatoms. The van der Waals surface area contributed by atoms with Crippen LogP contribution in [0, 0.1) is 5.82 Å². The summed E-state index contributed by atoms with van der Waals surface area (Å²) >= 11 is 0. The van der Waals surface area contributed by atoms with Crippen molar-refractivity contribution in [1.82, 2.24) is 0 Å². The fourth-order valence-corrected chi connectivity index (χ4v) is 3.02. The maximum atomic E-state index is 13.5. The minimum Gasteiger partial charge on any atom is -0.486 e. The summed E-state index contributed by atoms with van der Waals surface area (Å²) in [6.07, 6.45) is 0.288. The van der Waals surface area contributed by atoms with Gasteiger partial charge in [0.1, 0.15) is 19.0 Å². The lowest BCUT2D eigenvalue weighted by molar-refractivity contribution is -0.116. The highest BCUT2D eigenvalue weighted by atomic mass is 19.1. The van der Waals surface area contributed by atoms with Crippen LogP contribution < -0.4 is 14.8 Å². The zero-order valence-electron chi connectivity index (χ0n) is 11.8. The number of fused-ring (bicyclic) bond motifs is 2. The molecule has 0 aliphatic carbocycles. The molecule has 112 valence electrons. The summed E-state index contributed by atoms with van der Waals surface area (Å²) < 4.78 is 24.7. The van der Waals surface area contributed by atoms with Crippen LogP contribution in [0.2, 0.25) is 0 Å². The maximum absolute atomic E-state index is 13.5. The third-order valence-corrected chi connectivity index (χ3v) is 4.00. The van der Waals surface area contributed by atoms with Gasteiger partial charge in [-0.3, -0.25) is 4.79 Å². The highest BCUT2D eigenvalue weighted by molar-refractivity contribution is 5.96. The largest absolute Gasteiger partial charge is 0.486 e. The first-order valence-corrected chi connectivity index (χ1v) is 7.19. The Balaban J connectivity index is 1.84. The Kier molecular flexibility index (Phi) is 2.99. The highest BCUT2D eigenvalue weighted by Gasteiger charge is 2.29. The van der Waals surface area contributed by atoms with E-state index in [9.17, 15) is 9.18 Å². The molecule has 0 bridgehead atoms.